The van der Waals surface area contributed by atoms with Crippen molar-refractivity contribution in [3.8, 4) is 0 Å². The van der Waals surface area contributed by atoms with E-state index in [1.807, 2.05) is 24.3 Å². The molecule has 2 atom stereocenters. The number of nitrogens with one attached hydrogen (secondary N) is 2. The van der Waals surface area contributed by atoms with Crippen molar-refractivity contribution < 1.29 is 4.79 Å². The SMILES string of the molecule is CC1CC1CNC(=O)c1cc2cc(N)ccc2[nH]1. The van der Waals surface area contributed by atoms with Crippen LogP contribution in [0.1, 0.15) is 23.8 Å². The largest absolute Gasteiger partial charge is 0.399 e. The molecule has 0 saturated heterocycles. The topological polar surface area (TPSA) is 70.9 Å². The van der Waals surface area contributed by atoms with Crippen LogP contribution in [0, 0.1) is 11.8 Å². The maximum atomic E-state index is 12.0. The van der Waals surface area contributed by atoms with Gasteiger partial charge in [0.25, 0.3) is 5.91 Å². The van der Waals surface area contributed by atoms with Crippen molar-refractivity contribution in [2.75, 3.05) is 12.3 Å². The molecular weight excluding hydrogens is 226 g/mol. The van der Waals surface area contributed by atoms with Crippen molar-refractivity contribution in [2.24, 2.45) is 11.8 Å². The van der Waals surface area contributed by atoms with Gasteiger partial charge in [0.2, 0.25) is 0 Å². The number of aromatic nitrogens is 1. The Bertz CT molecular complexity index is 602. The number of aromatic amines is 1. The zero-order chi connectivity index (χ0) is 12.7. The summed E-state index contributed by atoms with van der Waals surface area (Å²) in [5, 5.41) is 3.94. The lowest BCUT2D eigenvalue weighted by molar-refractivity contribution is 0.0947. The van der Waals surface area contributed by atoms with Gasteiger partial charge < -0.3 is 16.0 Å². The van der Waals surface area contributed by atoms with Crippen LogP contribution >= 0.6 is 0 Å². The molecule has 1 saturated carbocycles. The molecule has 94 valence electrons. The summed E-state index contributed by atoms with van der Waals surface area (Å²) in [5.41, 5.74) is 7.97. The summed E-state index contributed by atoms with van der Waals surface area (Å²) in [7, 11) is 0. The predicted octanol–water partition coefficient (Wildman–Crippen LogP) is 2.14. The van der Waals surface area contributed by atoms with Crippen LogP contribution in [0.4, 0.5) is 5.69 Å². The lowest BCUT2D eigenvalue weighted by Crippen LogP contribution is -2.26. The Hall–Kier alpha value is -1.97. The fourth-order valence-electron chi connectivity index (χ4n) is 2.28. The number of carbonyl (C=O) groups is 1. The number of carbonyl (C=O) groups excluding carboxylic acids is 1. The molecule has 0 spiro atoms. The first-order chi connectivity index (χ1) is 8.63. The summed E-state index contributed by atoms with van der Waals surface area (Å²) in [5.74, 6) is 1.38. The van der Waals surface area contributed by atoms with Crippen LogP contribution in [-0.4, -0.2) is 17.4 Å². The van der Waals surface area contributed by atoms with E-state index in [2.05, 4.69) is 17.2 Å². The van der Waals surface area contributed by atoms with Crippen LogP contribution in [0.3, 0.4) is 0 Å². The highest BCUT2D eigenvalue weighted by Gasteiger charge is 2.32. The van der Waals surface area contributed by atoms with Crippen molar-refractivity contribution in [1.29, 1.82) is 0 Å². The summed E-state index contributed by atoms with van der Waals surface area (Å²) < 4.78 is 0. The Morgan fingerprint density at radius 2 is 2.28 bits per heavy atom. The number of hydrogen-bond acceptors (Lipinski definition) is 2. The average molecular weight is 243 g/mol. The van der Waals surface area contributed by atoms with Gasteiger partial charge in [0.1, 0.15) is 5.69 Å². The lowest BCUT2D eigenvalue weighted by atomic mass is 10.2. The first kappa shape index (κ1) is 11.1. The molecular formula is C14H17N3O. The zero-order valence-corrected chi connectivity index (χ0v) is 10.4. The van der Waals surface area contributed by atoms with E-state index in [1.165, 1.54) is 6.42 Å². The van der Waals surface area contributed by atoms with Gasteiger partial charge in [0, 0.05) is 23.1 Å². The first-order valence-corrected chi connectivity index (χ1v) is 6.30. The number of fused-ring (bicyclic) bond motifs is 1. The molecule has 18 heavy (non-hydrogen) atoms. The van der Waals surface area contributed by atoms with Gasteiger partial charge in [-0.05, 0) is 42.5 Å². The summed E-state index contributed by atoms with van der Waals surface area (Å²) in [6, 6.07) is 7.43. The summed E-state index contributed by atoms with van der Waals surface area (Å²) in [6.07, 6.45) is 1.23. The number of anilines is 1. The molecule has 0 bridgehead atoms. The fourth-order valence-corrected chi connectivity index (χ4v) is 2.28. The van der Waals surface area contributed by atoms with Crippen LogP contribution < -0.4 is 11.1 Å². The predicted molar refractivity (Wildman–Crippen MR) is 72.3 cm³/mol. The number of amides is 1. The third-order valence-corrected chi connectivity index (χ3v) is 3.69. The minimum atomic E-state index is -0.0381. The van der Waals surface area contributed by atoms with Crippen molar-refractivity contribution in [1.82, 2.24) is 10.3 Å². The smallest absolute Gasteiger partial charge is 0.267 e. The van der Waals surface area contributed by atoms with Gasteiger partial charge in [-0.25, -0.2) is 0 Å². The normalized spacial score (nSPS) is 22.1. The maximum Gasteiger partial charge on any atom is 0.267 e. The van der Waals surface area contributed by atoms with Crippen molar-refractivity contribution in [3.63, 3.8) is 0 Å². The molecule has 4 N–H and O–H groups in total. The summed E-state index contributed by atoms with van der Waals surface area (Å²) >= 11 is 0. The second-order valence-corrected chi connectivity index (χ2v) is 5.21. The third kappa shape index (κ3) is 2.06. The Morgan fingerprint density at radius 1 is 1.50 bits per heavy atom. The molecule has 0 aliphatic heterocycles. The monoisotopic (exact) mass is 243 g/mol. The van der Waals surface area contributed by atoms with E-state index < -0.39 is 0 Å². The van der Waals surface area contributed by atoms with Crippen LogP contribution in [0.2, 0.25) is 0 Å². The number of benzene rings is 1. The second-order valence-electron chi connectivity index (χ2n) is 5.21. The minimum absolute atomic E-state index is 0.0381. The number of hydrogen-bond donors (Lipinski definition) is 3. The molecule has 1 fully saturated rings. The van der Waals surface area contributed by atoms with Crippen LogP contribution in [0.15, 0.2) is 24.3 Å². The number of rotatable bonds is 3. The van der Waals surface area contributed by atoms with E-state index in [-0.39, 0.29) is 5.91 Å². The van der Waals surface area contributed by atoms with Gasteiger partial charge in [0.05, 0.1) is 0 Å². The lowest BCUT2D eigenvalue weighted by Gasteiger charge is -2.01. The fraction of sp³-hybridized carbons (Fsp3) is 0.357. The summed E-state index contributed by atoms with van der Waals surface area (Å²) in [4.78, 5) is 15.1. The van der Waals surface area contributed by atoms with E-state index in [4.69, 9.17) is 5.73 Å². The average Bonchev–Trinajstić information content (AvgIpc) is 2.88. The van der Waals surface area contributed by atoms with Gasteiger partial charge in [-0.2, -0.15) is 0 Å². The van der Waals surface area contributed by atoms with Crippen LogP contribution in [-0.2, 0) is 0 Å². The number of H-pyrrole nitrogens is 1. The van der Waals surface area contributed by atoms with Gasteiger partial charge in [0.15, 0.2) is 0 Å². The maximum absolute atomic E-state index is 12.0. The minimum Gasteiger partial charge on any atom is -0.399 e. The first-order valence-electron chi connectivity index (χ1n) is 6.30. The third-order valence-electron chi connectivity index (χ3n) is 3.69. The molecule has 1 heterocycles. The highest BCUT2D eigenvalue weighted by molar-refractivity contribution is 5.98. The van der Waals surface area contributed by atoms with E-state index in [0.29, 0.717) is 17.3 Å². The summed E-state index contributed by atoms with van der Waals surface area (Å²) in [6.45, 7) is 2.99. The van der Waals surface area contributed by atoms with Gasteiger partial charge in [-0.15, -0.1) is 0 Å². The second kappa shape index (κ2) is 4.05. The Labute approximate surface area is 106 Å². The molecule has 4 heteroatoms. The molecule has 4 nitrogen and oxygen atoms in total. The Kier molecular flexibility index (Phi) is 2.51. The van der Waals surface area contributed by atoms with E-state index in [0.717, 1.165) is 23.4 Å². The molecule has 1 aliphatic rings. The molecule has 3 rings (SSSR count). The highest BCUT2D eigenvalue weighted by atomic mass is 16.1. The van der Waals surface area contributed by atoms with Gasteiger partial charge in [-0.3, -0.25) is 4.79 Å². The highest BCUT2D eigenvalue weighted by Crippen LogP contribution is 2.36. The Balaban J connectivity index is 1.74. The quantitative estimate of drug-likeness (QED) is 0.723. The molecule has 2 unspecified atom stereocenters. The van der Waals surface area contributed by atoms with E-state index in [9.17, 15) is 4.79 Å². The zero-order valence-electron chi connectivity index (χ0n) is 10.4. The van der Waals surface area contributed by atoms with Crippen molar-refractivity contribution in [2.45, 2.75) is 13.3 Å². The molecule has 2 aromatic rings. The van der Waals surface area contributed by atoms with Crippen LogP contribution in [0.25, 0.3) is 10.9 Å². The van der Waals surface area contributed by atoms with E-state index >= 15 is 0 Å². The number of nitrogen functional groups attached to an aromatic ring is 1. The molecule has 1 amide bonds. The standard InChI is InChI=1S/C14H17N3O/c1-8-4-10(8)7-16-14(18)13-6-9-5-11(15)2-3-12(9)17-13/h2-3,5-6,8,10,17H,4,7,15H2,1H3,(H,16,18). The molecule has 1 aromatic carbocycles. The molecule has 1 aromatic heterocycles. The molecule has 1 aliphatic carbocycles. The van der Waals surface area contributed by atoms with Gasteiger partial charge in [-0.1, -0.05) is 6.92 Å². The van der Waals surface area contributed by atoms with Gasteiger partial charge >= 0.3 is 0 Å². The van der Waals surface area contributed by atoms with Crippen molar-refractivity contribution >= 4 is 22.5 Å². The number of nitrogens with two attached hydrogens (primary N) is 1. The molecule has 0 radical (unpaired) electrons. The Morgan fingerprint density at radius 3 is 3.00 bits per heavy atom. The van der Waals surface area contributed by atoms with Crippen LogP contribution in [0.5, 0.6) is 0 Å². The van der Waals surface area contributed by atoms with E-state index in [1.54, 1.807) is 0 Å². The van der Waals surface area contributed by atoms with Crippen molar-refractivity contribution in [3.05, 3.63) is 30.0 Å².